The highest BCUT2D eigenvalue weighted by Gasteiger charge is 2.30. The summed E-state index contributed by atoms with van der Waals surface area (Å²) in [6.45, 7) is 4.68. The molecular formula is C17H22F3NOS. The Labute approximate surface area is 139 Å². The van der Waals surface area contributed by atoms with Crippen molar-refractivity contribution in [2.45, 2.75) is 32.9 Å². The summed E-state index contributed by atoms with van der Waals surface area (Å²) in [7, 11) is 0. The Balaban J connectivity index is 2.26. The predicted molar refractivity (Wildman–Crippen MR) is 89.2 cm³/mol. The number of amides is 1. The molecule has 128 valence electrons. The number of rotatable bonds is 8. The van der Waals surface area contributed by atoms with Crippen LogP contribution in [0.15, 0.2) is 35.7 Å². The molecule has 0 saturated heterocycles. The van der Waals surface area contributed by atoms with Crippen LogP contribution in [0.4, 0.5) is 13.2 Å². The van der Waals surface area contributed by atoms with Crippen LogP contribution in [-0.2, 0) is 17.4 Å². The van der Waals surface area contributed by atoms with E-state index in [1.165, 1.54) is 30.0 Å². The number of nitrogens with one attached hydrogen (secondary N) is 1. The highest BCUT2D eigenvalue weighted by molar-refractivity contribution is 8.02. The van der Waals surface area contributed by atoms with Crippen molar-refractivity contribution in [2.24, 2.45) is 5.92 Å². The van der Waals surface area contributed by atoms with Crippen molar-refractivity contribution < 1.29 is 18.0 Å². The molecule has 1 aromatic carbocycles. The first-order chi connectivity index (χ1) is 10.8. The molecule has 0 aromatic heterocycles. The van der Waals surface area contributed by atoms with Crippen LogP contribution in [0.1, 0.15) is 31.4 Å². The summed E-state index contributed by atoms with van der Waals surface area (Å²) < 4.78 is 37.8. The normalized spacial score (nSPS) is 12.1. The first-order valence-corrected chi connectivity index (χ1v) is 8.56. The van der Waals surface area contributed by atoms with Crippen LogP contribution in [0.5, 0.6) is 0 Å². The van der Waals surface area contributed by atoms with Crippen LogP contribution < -0.4 is 5.32 Å². The van der Waals surface area contributed by atoms with Gasteiger partial charge in [0.25, 0.3) is 0 Å². The van der Waals surface area contributed by atoms with Gasteiger partial charge in [-0.1, -0.05) is 32.0 Å². The molecule has 0 bridgehead atoms. The van der Waals surface area contributed by atoms with Crippen molar-refractivity contribution in [2.75, 3.05) is 12.3 Å². The predicted octanol–water partition coefficient (Wildman–Crippen LogP) is 4.66. The zero-order valence-electron chi connectivity index (χ0n) is 13.3. The van der Waals surface area contributed by atoms with Gasteiger partial charge in [0.05, 0.1) is 5.56 Å². The van der Waals surface area contributed by atoms with E-state index in [1.54, 1.807) is 11.5 Å². The SMILES string of the molecule is CC(C)CNC(=O)/C=C\SCCCc1cccc(C(F)(F)F)c1. The van der Waals surface area contributed by atoms with E-state index in [0.29, 0.717) is 24.4 Å². The average Bonchev–Trinajstić information content (AvgIpc) is 2.48. The average molecular weight is 345 g/mol. The van der Waals surface area contributed by atoms with Crippen LogP contribution in [-0.4, -0.2) is 18.2 Å². The lowest BCUT2D eigenvalue weighted by atomic mass is 10.1. The number of aryl methyl sites for hydroxylation is 1. The maximum Gasteiger partial charge on any atom is 0.416 e. The zero-order chi connectivity index (χ0) is 17.3. The second kappa shape index (κ2) is 9.65. The van der Waals surface area contributed by atoms with Gasteiger partial charge in [-0.05, 0) is 41.6 Å². The molecule has 23 heavy (non-hydrogen) atoms. The molecule has 0 unspecified atom stereocenters. The number of hydrogen-bond donors (Lipinski definition) is 1. The molecule has 0 saturated carbocycles. The van der Waals surface area contributed by atoms with Crippen molar-refractivity contribution in [3.63, 3.8) is 0 Å². The Morgan fingerprint density at radius 2 is 2.09 bits per heavy atom. The summed E-state index contributed by atoms with van der Waals surface area (Å²) in [6, 6.07) is 5.41. The fraction of sp³-hybridized carbons (Fsp3) is 0.471. The number of carbonyl (C=O) groups excluding carboxylic acids is 1. The first kappa shape index (κ1) is 19.6. The van der Waals surface area contributed by atoms with Crippen molar-refractivity contribution in [3.8, 4) is 0 Å². The summed E-state index contributed by atoms with van der Waals surface area (Å²) >= 11 is 1.48. The van der Waals surface area contributed by atoms with Crippen LogP contribution in [0.2, 0.25) is 0 Å². The Bertz CT molecular complexity index is 527. The van der Waals surface area contributed by atoms with Gasteiger partial charge in [0.1, 0.15) is 0 Å². The molecule has 1 amide bonds. The number of alkyl halides is 3. The Kier molecular flexibility index (Phi) is 8.23. The van der Waals surface area contributed by atoms with Crippen LogP contribution in [0.25, 0.3) is 0 Å². The van der Waals surface area contributed by atoms with Crippen molar-refractivity contribution in [3.05, 3.63) is 46.9 Å². The largest absolute Gasteiger partial charge is 0.416 e. The summed E-state index contributed by atoms with van der Waals surface area (Å²) in [4.78, 5) is 11.4. The first-order valence-electron chi connectivity index (χ1n) is 7.51. The maximum absolute atomic E-state index is 12.6. The molecule has 0 aliphatic heterocycles. The van der Waals surface area contributed by atoms with Gasteiger partial charge < -0.3 is 5.32 Å². The summed E-state index contributed by atoms with van der Waals surface area (Å²) in [5.41, 5.74) is 0.0726. The van der Waals surface area contributed by atoms with Gasteiger partial charge in [-0.25, -0.2) is 0 Å². The van der Waals surface area contributed by atoms with Crippen LogP contribution >= 0.6 is 11.8 Å². The molecule has 0 radical (unpaired) electrons. The lowest BCUT2D eigenvalue weighted by Crippen LogP contribution is -2.25. The molecule has 0 atom stereocenters. The van der Waals surface area contributed by atoms with E-state index in [1.807, 2.05) is 13.8 Å². The Morgan fingerprint density at radius 3 is 2.74 bits per heavy atom. The van der Waals surface area contributed by atoms with E-state index in [2.05, 4.69) is 5.32 Å². The number of halogens is 3. The lowest BCUT2D eigenvalue weighted by molar-refractivity contribution is -0.137. The summed E-state index contributed by atoms with van der Waals surface area (Å²) in [5.74, 6) is 1.04. The third kappa shape index (κ3) is 8.69. The molecule has 0 fully saturated rings. The third-order valence-corrected chi connectivity index (χ3v) is 3.84. The number of carbonyl (C=O) groups is 1. The van der Waals surface area contributed by atoms with Gasteiger partial charge in [-0.2, -0.15) is 13.2 Å². The standard InChI is InChI=1S/C17H22F3NOS/c1-13(2)12-21-16(22)8-10-23-9-4-6-14-5-3-7-15(11-14)17(18,19)20/h3,5,7-8,10-11,13H,4,6,9,12H2,1-2H3,(H,21,22)/b10-8-. The fourth-order valence-electron chi connectivity index (χ4n) is 1.80. The van der Waals surface area contributed by atoms with E-state index >= 15 is 0 Å². The lowest BCUT2D eigenvalue weighted by Gasteiger charge is -2.08. The zero-order valence-corrected chi connectivity index (χ0v) is 14.1. The fourth-order valence-corrected chi connectivity index (χ4v) is 2.47. The maximum atomic E-state index is 12.6. The van der Waals surface area contributed by atoms with E-state index in [9.17, 15) is 18.0 Å². The molecule has 1 rings (SSSR count). The van der Waals surface area contributed by atoms with Gasteiger partial charge in [0.15, 0.2) is 0 Å². The minimum atomic E-state index is -4.29. The molecule has 1 N–H and O–H groups in total. The molecule has 0 aliphatic rings. The van der Waals surface area contributed by atoms with Crippen molar-refractivity contribution in [1.29, 1.82) is 0 Å². The van der Waals surface area contributed by atoms with E-state index in [0.717, 1.165) is 18.2 Å². The quantitative estimate of drug-likeness (QED) is 0.548. The number of benzene rings is 1. The second-order valence-corrected chi connectivity index (χ2v) is 6.63. The molecular weight excluding hydrogens is 323 g/mol. The Morgan fingerprint density at radius 1 is 1.35 bits per heavy atom. The van der Waals surface area contributed by atoms with Gasteiger partial charge >= 0.3 is 6.18 Å². The van der Waals surface area contributed by atoms with E-state index in [4.69, 9.17) is 0 Å². The smallest absolute Gasteiger partial charge is 0.352 e. The van der Waals surface area contributed by atoms with Crippen LogP contribution in [0, 0.1) is 5.92 Å². The minimum absolute atomic E-state index is 0.121. The van der Waals surface area contributed by atoms with Gasteiger partial charge in [0, 0.05) is 12.6 Å². The van der Waals surface area contributed by atoms with Crippen molar-refractivity contribution in [1.82, 2.24) is 5.32 Å². The van der Waals surface area contributed by atoms with E-state index < -0.39 is 11.7 Å². The summed E-state index contributed by atoms with van der Waals surface area (Å²) in [6.07, 6.45) is -1.47. The number of hydrogen-bond acceptors (Lipinski definition) is 2. The van der Waals surface area contributed by atoms with Gasteiger partial charge in [-0.15, -0.1) is 11.8 Å². The molecule has 0 aliphatic carbocycles. The molecule has 1 aromatic rings. The summed E-state index contributed by atoms with van der Waals surface area (Å²) in [5, 5.41) is 4.50. The molecule has 0 spiro atoms. The minimum Gasteiger partial charge on any atom is -0.352 e. The topological polar surface area (TPSA) is 29.1 Å². The number of thioether (sulfide) groups is 1. The second-order valence-electron chi connectivity index (χ2n) is 5.61. The molecule has 6 heteroatoms. The molecule has 0 heterocycles. The third-order valence-electron chi connectivity index (χ3n) is 2.98. The van der Waals surface area contributed by atoms with Gasteiger partial charge in [-0.3, -0.25) is 4.79 Å². The molecule has 2 nitrogen and oxygen atoms in total. The monoisotopic (exact) mass is 345 g/mol. The highest BCUT2D eigenvalue weighted by atomic mass is 32.2. The van der Waals surface area contributed by atoms with E-state index in [-0.39, 0.29) is 5.91 Å². The van der Waals surface area contributed by atoms with Gasteiger partial charge in [0.2, 0.25) is 5.91 Å². The van der Waals surface area contributed by atoms with Crippen LogP contribution in [0.3, 0.4) is 0 Å². The Hall–Kier alpha value is -1.43. The highest BCUT2D eigenvalue weighted by Crippen LogP contribution is 2.29. The van der Waals surface area contributed by atoms with Crippen molar-refractivity contribution >= 4 is 17.7 Å².